The number of rotatable bonds is 7. The summed E-state index contributed by atoms with van der Waals surface area (Å²) in [4.78, 5) is 29.7. The van der Waals surface area contributed by atoms with Crippen LogP contribution in [0.25, 0.3) is 0 Å². The minimum absolute atomic E-state index is 0.0715. The molecule has 1 rings (SSSR count). The van der Waals surface area contributed by atoms with E-state index in [4.69, 9.17) is 16.0 Å². The monoisotopic (exact) mass is 315 g/mol. The zero-order chi connectivity index (χ0) is 16.0. The standard InChI is InChI=1S/C14H22ClN3O3/c1-5-16-12(19)10-8-21-11(17-10)7-18(6-2)13(20)14(3,4)9-15/h8H,5-7,9H2,1-4H3,(H,16,19). The van der Waals surface area contributed by atoms with Crippen molar-refractivity contribution in [3.05, 3.63) is 17.8 Å². The van der Waals surface area contributed by atoms with Gasteiger partial charge < -0.3 is 14.6 Å². The third-order valence-corrected chi connectivity index (χ3v) is 3.70. The number of amides is 2. The first kappa shape index (κ1) is 17.5. The summed E-state index contributed by atoms with van der Waals surface area (Å²) in [6, 6.07) is 0. The van der Waals surface area contributed by atoms with Crippen LogP contribution in [0.15, 0.2) is 10.7 Å². The molecule has 0 aliphatic heterocycles. The van der Waals surface area contributed by atoms with Crippen molar-refractivity contribution in [1.82, 2.24) is 15.2 Å². The Morgan fingerprint density at radius 1 is 1.43 bits per heavy atom. The van der Waals surface area contributed by atoms with E-state index in [-0.39, 0.29) is 29.9 Å². The van der Waals surface area contributed by atoms with E-state index >= 15 is 0 Å². The predicted molar refractivity (Wildman–Crippen MR) is 80.1 cm³/mol. The smallest absolute Gasteiger partial charge is 0.273 e. The van der Waals surface area contributed by atoms with Gasteiger partial charge >= 0.3 is 0 Å². The van der Waals surface area contributed by atoms with Crippen LogP contribution in [0, 0.1) is 5.41 Å². The van der Waals surface area contributed by atoms with E-state index in [1.54, 1.807) is 18.7 Å². The first-order chi connectivity index (χ1) is 9.85. The van der Waals surface area contributed by atoms with Gasteiger partial charge in [-0.3, -0.25) is 9.59 Å². The largest absolute Gasteiger partial charge is 0.446 e. The van der Waals surface area contributed by atoms with Crippen LogP contribution in [0.4, 0.5) is 0 Å². The number of hydrogen-bond acceptors (Lipinski definition) is 4. The molecule has 7 heteroatoms. The summed E-state index contributed by atoms with van der Waals surface area (Å²) in [5.41, 5.74) is -0.431. The first-order valence-electron chi connectivity index (χ1n) is 6.93. The average molecular weight is 316 g/mol. The number of nitrogens with zero attached hydrogens (tertiary/aromatic N) is 2. The normalized spacial score (nSPS) is 11.3. The zero-order valence-electron chi connectivity index (χ0n) is 12.9. The van der Waals surface area contributed by atoms with Gasteiger partial charge in [0.05, 0.1) is 12.0 Å². The predicted octanol–water partition coefficient (Wildman–Crippen LogP) is 2.04. The summed E-state index contributed by atoms with van der Waals surface area (Å²) in [6.45, 7) is 8.53. The van der Waals surface area contributed by atoms with Gasteiger partial charge in [-0.25, -0.2) is 4.98 Å². The number of carbonyl (C=O) groups excluding carboxylic acids is 2. The van der Waals surface area contributed by atoms with Crippen molar-refractivity contribution in [2.75, 3.05) is 19.0 Å². The maximum atomic E-state index is 12.4. The Kier molecular flexibility index (Phi) is 6.20. The lowest BCUT2D eigenvalue weighted by Crippen LogP contribution is -2.41. The van der Waals surface area contributed by atoms with E-state index in [0.29, 0.717) is 19.0 Å². The lowest BCUT2D eigenvalue weighted by Gasteiger charge is -2.28. The minimum atomic E-state index is -0.646. The zero-order valence-corrected chi connectivity index (χ0v) is 13.7. The van der Waals surface area contributed by atoms with Crippen LogP contribution in [0.5, 0.6) is 0 Å². The lowest BCUT2D eigenvalue weighted by molar-refractivity contribution is -0.140. The van der Waals surface area contributed by atoms with Crippen molar-refractivity contribution in [2.24, 2.45) is 5.41 Å². The number of alkyl halides is 1. The van der Waals surface area contributed by atoms with Crippen LogP contribution in [0.3, 0.4) is 0 Å². The van der Waals surface area contributed by atoms with Crippen molar-refractivity contribution in [3.8, 4) is 0 Å². The Morgan fingerprint density at radius 2 is 2.10 bits per heavy atom. The van der Waals surface area contributed by atoms with E-state index in [1.165, 1.54) is 6.26 Å². The molecule has 6 nitrogen and oxygen atoms in total. The average Bonchev–Trinajstić information content (AvgIpc) is 2.93. The van der Waals surface area contributed by atoms with Gasteiger partial charge in [-0.1, -0.05) is 0 Å². The van der Waals surface area contributed by atoms with E-state index in [1.807, 2.05) is 13.8 Å². The summed E-state index contributed by atoms with van der Waals surface area (Å²) in [5, 5.41) is 2.64. The van der Waals surface area contributed by atoms with E-state index in [2.05, 4.69) is 10.3 Å². The van der Waals surface area contributed by atoms with Crippen LogP contribution in [0.2, 0.25) is 0 Å². The van der Waals surface area contributed by atoms with Gasteiger partial charge in [0.25, 0.3) is 5.91 Å². The molecule has 0 aliphatic carbocycles. The number of halogens is 1. The van der Waals surface area contributed by atoms with Gasteiger partial charge in [-0.05, 0) is 27.7 Å². The molecule has 0 atom stereocenters. The third kappa shape index (κ3) is 4.46. The van der Waals surface area contributed by atoms with Gasteiger partial charge in [0.2, 0.25) is 11.8 Å². The van der Waals surface area contributed by atoms with Gasteiger partial charge in [0.15, 0.2) is 5.69 Å². The molecule has 0 radical (unpaired) electrons. The van der Waals surface area contributed by atoms with Gasteiger partial charge in [-0.2, -0.15) is 0 Å². The molecule has 21 heavy (non-hydrogen) atoms. The fourth-order valence-corrected chi connectivity index (χ4v) is 1.83. The Labute approximate surface area is 129 Å². The molecule has 0 spiro atoms. The van der Waals surface area contributed by atoms with Crippen molar-refractivity contribution in [1.29, 1.82) is 0 Å². The van der Waals surface area contributed by atoms with Crippen molar-refractivity contribution in [2.45, 2.75) is 34.2 Å². The maximum absolute atomic E-state index is 12.4. The Hall–Kier alpha value is -1.56. The topological polar surface area (TPSA) is 75.4 Å². The molecule has 1 N–H and O–H groups in total. The van der Waals surface area contributed by atoms with Gasteiger partial charge in [-0.15, -0.1) is 11.6 Å². The molecule has 0 bridgehead atoms. The van der Waals surface area contributed by atoms with Crippen LogP contribution in [-0.4, -0.2) is 40.7 Å². The van der Waals surface area contributed by atoms with Gasteiger partial charge in [0, 0.05) is 19.0 Å². The molecule has 1 aromatic heterocycles. The van der Waals surface area contributed by atoms with E-state index < -0.39 is 5.41 Å². The highest BCUT2D eigenvalue weighted by atomic mass is 35.5. The number of carbonyl (C=O) groups is 2. The molecule has 0 saturated carbocycles. The molecule has 0 unspecified atom stereocenters. The molecule has 1 aromatic rings. The Morgan fingerprint density at radius 3 is 2.62 bits per heavy atom. The van der Waals surface area contributed by atoms with Crippen molar-refractivity contribution in [3.63, 3.8) is 0 Å². The summed E-state index contributed by atoms with van der Waals surface area (Å²) < 4.78 is 5.26. The highest BCUT2D eigenvalue weighted by Crippen LogP contribution is 2.21. The molecule has 118 valence electrons. The van der Waals surface area contributed by atoms with Crippen LogP contribution < -0.4 is 5.32 Å². The molecule has 0 saturated heterocycles. The SMILES string of the molecule is CCNC(=O)c1coc(CN(CC)C(=O)C(C)(C)CCl)n1. The molecule has 0 aromatic carbocycles. The van der Waals surface area contributed by atoms with Crippen molar-refractivity contribution < 1.29 is 14.0 Å². The lowest BCUT2D eigenvalue weighted by atomic mass is 9.94. The second kappa shape index (κ2) is 7.45. The molecule has 0 fully saturated rings. The number of oxazole rings is 1. The highest BCUT2D eigenvalue weighted by molar-refractivity contribution is 6.19. The summed E-state index contributed by atoms with van der Waals surface area (Å²) in [6.07, 6.45) is 1.30. The Balaban J connectivity index is 2.79. The molecule has 2 amide bonds. The first-order valence-corrected chi connectivity index (χ1v) is 7.47. The third-order valence-electron chi connectivity index (χ3n) is 3.03. The number of aromatic nitrogens is 1. The van der Waals surface area contributed by atoms with Gasteiger partial charge in [0.1, 0.15) is 6.26 Å². The summed E-state index contributed by atoms with van der Waals surface area (Å²) in [5.74, 6) is 0.204. The van der Waals surface area contributed by atoms with E-state index in [0.717, 1.165) is 0 Å². The fraction of sp³-hybridized carbons (Fsp3) is 0.643. The van der Waals surface area contributed by atoms with Crippen LogP contribution >= 0.6 is 11.6 Å². The number of hydrogen-bond donors (Lipinski definition) is 1. The Bertz CT molecular complexity index is 499. The van der Waals surface area contributed by atoms with Crippen molar-refractivity contribution >= 4 is 23.4 Å². The molecular formula is C14H22ClN3O3. The quantitative estimate of drug-likeness (QED) is 0.781. The minimum Gasteiger partial charge on any atom is -0.446 e. The molecular weight excluding hydrogens is 294 g/mol. The second-order valence-electron chi connectivity index (χ2n) is 5.32. The maximum Gasteiger partial charge on any atom is 0.273 e. The molecule has 1 heterocycles. The number of nitrogens with one attached hydrogen (secondary N) is 1. The molecule has 0 aliphatic rings. The van der Waals surface area contributed by atoms with Crippen LogP contribution in [-0.2, 0) is 11.3 Å². The van der Waals surface area contributed by atoms with E-state index in [9.17, 15) is 9.59 Å². The second-order valence-corrected chi connectivity index (χ2v) is 5.59. The summed E-state index contributed by atoms with van der Waals surface area (Å²) in [7, 11) is 0. The highest BCUT2D eigenvalue weighted by Gasteiger charge is 2.31. The fourth-order valence-electron chi connectivity index (χ4n) is 1.71. The summed E-state index contributed by atoms with van der Waals surface area (Å²) >= 11 is 5.83. The van der Waals surface area contributed by atoms with Crippen LogP contribution in [0.1, 0.15) is 44.1 Å².